The molecule has 0 spiro atoms. The molecule has 2 aromatic heterocycles. The first-order valence-corrected chi connectivity index (χ1v) is 10.5. The molecule has 0 bridgehead atoms. The Kier molecular flexibility index (Phi) is 7.04. The van der Waals surface area contributed by atoms with E-state index >= 15 is 0 Å². The van der Waals surface area contributed by atoms with Crippen LogP contribution in [0.2, 0.25) is 10.0 Å². The maximum Gasteiger partial charge on any atom is 0.228 e. The van der Waals surface area contributed by atoms with Gasteiger partial charge in [0.2, 0.25) is 5.91 Å². The first-order valence-electron chi connectivity index (χ1n) is 9.76. The molecular formula is C22H25Cl2N3O2. The standard InChI is InChI=1S/C22H25Cl2N3O2/c1-4-10-26(11-5-2)20(28)13-19-21(15-6-8-17(29-3)9-7-15)25-22-18(24)12-16(23)14-27(19)22/h6-9,12,14H,4-5,10-11,13H2,1-3H3/i3-1. The fourth-order valence-corrected chi connectivity index (χ4v) is 3.94. The van der Waals surface area contributed by atoms with Crippen molar-refractivity contribution in [3.05, 3.63) is 52.3 Å². The fourth-order valence-electron chi connectivity index (χ4n) is 3.42. The number of pyridine rings is 1. The fraction of sp³-hybridized carbons (Fsp3) is 0.364. The van der Waals surface area contributed by atoms with E-state index in [0.29, 0.717) is 15.7 Å². The molecule has 0 radical (unpaired) electrons. The van der Waals surface area contributed by atoms with Gasteiger partial charge in [-0.05, 0) is 43.2 Å². The summed E-state index contributed by atoms with van der Waals surface area (Å²) in [6, 6.07) is 9.27. The molecule has 0 N–H and O–H groups in total. The zero-order chi connectivity index (χ0) is 21.0. The Hall–Kier alpha value is -2.24. The summed E-state index contributed by atoms with van der Waals surface area (Å²) in [6.07, 6.45) is 3.82. The summed E-state index contributed by atoms with van der Waals surface area (Å²) in [5.41, 5.74) is 2.97. The van der Waals surface area contributed by atoms with E-state index in [1.54, 1.807) is 19.4 Å². The molecule has 0 saturated carbocycles. The number of rotatable bonds is 8. The van der Waals surface area contributed by atoms with Crippen LogP contribution in [-0.4, -0.2) is 40.4 Å². The van der Waals surface area contributed by atoms with Crippen LogP contribution in [0.25, 0.3) is 16.9 Å². The molecule has 0 aliphatic heterocycles. The third-order valence-electron chi connectivity index (χ3n) is 4.76. The summed E-state index contributed by atoms with van der Waals surface area (Å²) in [6.45, 7) is 5.63. The molecule has 154 valence electrons. The number of benzene rings is 1. The number of ether oxygens (including phenoxy) is 1. The van der Waals surface area contributed by atoms with Gasteiger partial charge in [0.25, 0.3) is 0 Å². The monoisotopic (exact) mass is 432 g/mol. The van der Waals surface area contributed by atoms with Crippen molar-refractivity contribution in [1.82, 2.24) is 14.3 Å². The van der Waals surface area contributed by atoms with Gasteiger partial charge in [0, 0.05) is 24.8 Å². The van der Waals surface area contributed by atoms with Crippen molar-refractivity contribution in [3.8, 4) is 17.0 Å². The number of aromatic nitrogens is 2. The van der Waals surface area contributed by atoms with E-state index in [-0.39, 0.29) is 12.3 Å². The van der Waals surface area contributed by atoms with Crippen LogP contribution < -0.4 is 4.74 Å². The number of hydrogen-bond donors (Lipinski definition) is 0. The summed E-state index contributed by atoms with van der Waals surface area (Å²) in [7, 11) is 1.63. The van der Waals surface area contributed by atoms with Crippen LogP contribution in [-0.2, 0) is 11.2 Å². The largest absolute Gasteiger partial charge is 0.497 e. The Morgan fingerprint density at radius 1 is 1.14 bits per heavy atom. The number of nitrogens with zero attached hydrogens (tertiary/aromatic N) is 3. The number of carbonyl (C=O) groups is 1. The Morgan fingerprint density at radius 3 is 2.38 bits per heavy atom. The number of hydrogen-bond acceptors (Lipinski definition) is 3. The topological polar surface area (TPSA) is 46.8 Å². The van der Waals surface area contributed by atoms with Crippen molar-refractivity contribution in [1.29, 1.82) is 0 Å². The van der Waals surface area contributed by atoms with Crippen molar-refractivity contribution in [2.24, 2.45) is 0 Å². The summed E-state index contributed by atoms with van der Waals surface area (Å²) < 4.78 is 7.09. The van der Waals surface area contributed by atoms with Crippen LogP contribution in [0.4, 0.5) is 0 Å². The Balaban J connectivity index is 2.10. The molecule has 0 aliphatic carbocycles. The van der Waals surface area contributed by atoms with Gasteiger partial charge in [-0.1, -0.05) is 37.0 Å². The average Bonchev–Trinajstić information content (AvgIpc) is 3.06. The highest BCUT2D eigenvalue weighted by molar-refractivity contribution is 6.36. The molecule has 0 fully saturated rings. The molecule has 2 heterocycles. The number of imidazole rings is 1. The normalized spacial score (nSPS) is 11.1. The van der Waals surface area contributed by atoms with E-state index in [1.165, 1.54) is 0 Å². The van der Waals surface area contributed by atoms with Crippen LogP contribution in [0.1, 0.15) is 32.4 Å². The maximum atomic E-state index is 13.1. The maximum absolute atomic E-state index is 13.1. The molecule has 5 nitrogen and oxygen atoms in total. The van der Waals surface area contributed by atoms with Gasteiger partial charge in [-0.3, -0.25) is 4.79 Å². The summed E-state index contributed by atoms with van der Waals surface area (Å²) in [5, 5.41) is 0.943. The second kappa shape index (κ2) is 9.51. The lowest BCUT2D eigenvalue weighted by molar-refractivity contribution is -0.130. The SMILES string of the molecule is CCCN(CCC)C(=O)Cc1c(-c2ccc(O[11CH3])cc2)nc2c(Cl)cc(Cl)cn12. The van der Waals surface area contributed by atoms with Crippen molar-refractivity contribution in [2.75, 3.05) is 20.2 Å². The van der Waals surface area contributed by atoms with Gasteiger partial charge in [0.1, 0.15) is 5.75 Å². The first-order chi connectivity index (χ1) is 14.0. The predicted octanol–water partition coefficient (Wildman–Crippen LogP) is 5.51. The smallest absolute Gasteiger partial charge is 0.228 e. The minimum absolute atomic E-state index is 0.0707. The zero-order valence-electron chi connectivity index (χ0n) is 16.9. The van der Waals surface area contributed by atoms with E-state index in [2.05, 4.69) is 13.8 Å². The lowest BCUT2D eigenvalue weighted by Gasteiger charge is -2.21. The van der Waals surface area contributed by atoms with Gasteiger partial charge >= 0.3 is 0 Å². The van der Waals surface area contributed by atoms with Crippen LogP contribution in [0.15, 0.2) is 36.5 Å². The first kappa shape index (κ1) is 21.5. The summed E-state index contributed by atoms with van der Waals surface area (Å²) >= 11 is 12.6. The highest BCUT2D eigenvalue weighted by Crippen LogP contribution is 2.31. The summed E-state index contributed by atoms with van der Waals surface area (Å²) in [5.74, 6) is 0.828. The van der Waals surface area contributed by atoms with Gasteiger partial charge in [-0.15, -0.1) is 0 Å². The van der Waals surface area contributed by atoms with Gasteiger partial charge < -0.3 is 14.0 Å². The zero-order valence-corrected chi connectivity index (χ0v) is 18.4. The van der Waals surface area contributed by atoms with Crippen molar-refractivity contribution in [2.45, 2.75) is 33.1 Å². The number of carbonyl (C=O) groups excluding carboxylic acids is 1. The van der Waals surface area contributed by atoms with Crippen LogP contribution in [0, 0.1) is 0 Å². The lowest BCUT2D eigenvalue weighted by Crippen LogP contribution is -2.34. The molecule has 3 aromatic rings. The molecule has 3 rings (SSSR count). The minimum atomic E-state index is 0.0707. The third-order valence-corrected chi connectivity index (χ3v) is 5.25. The second-order valence-corrected chi connectivity index (χ2v) is 7.74. The van der Waals surface area contributed by atoms with Gasteiger partial charge in [0.05, 0.1) is 35.0 Å². The molecule has 7 heteroatoms. The van der Waals surface area contributed by atoms with Gasteiger partial charge in [-0.25, -0.2) is 4.98 Å². The average molecular weight is 433 g/mol. The van der Waals surface area contributed by atoms with Crippen LogP contribution >= 0.6 is 23.2 Å². The lowest BCUT2D eigenvalue weighted by atomic mass is 10.1. The third kappa shape index (κ3) is 4.68. The Bertz CT molecular complexity index is 993. The van der Waals surface area contributed by atoms with Crippen LogP contribution in [0.3, 0.4) is 0 Å². The molecule has 0 atom stereocenters. The van der Waals surface area contributed by atoms with Crippen molar-refractivity contribution in [3.63, 3.8) is 0 Å². The summed E-state index contributed by atoms with van der Waals surface area (Å²) in [4.78, 5) is 19.7. The molecule has 1 aromatic carbocycles. The quantitative estimate of drug-likeness (QED) is 0.471. The number of halogens is 2. The molecule has 0 saturated heterocycles. The molecule has 0 aliphatic rings. The number of methoxy groups -OCH3 is 1. The molecule has 1 amide bonds. The van der Waals surface area contributed by atoms with E-state index in [1.807, 2.05) is 33.6 Å². The minimum Gasteiger partial charge on any atom is -0.497 e. The predicted molar refractivity (Wildman–Crippen MR) is 118 cm³/mol. The van der Waals surface area contributed by atoms with Gasteiger partial charge in [0.15, 0.2) is 5.65 Å². The Labute approximate surface area is 181 Å². The molecular weight excluding hydrogens is 408 g/mol. The van der Waals surface area contributed by atoms with E-state index in [9.17, 15) is 4.79 Å². The van der Waals surface area contributed by atoms with Crippen molar-refractivity contribution < 1.29 is 9.53 Å². The van der Waals surface area contributed by atoms with E-state index in [4.69, 9.17) is 32.9 Å². The Morgan fingerprint density at radius 2 is 1.79 bits per heavy atom. The second-order valence-electron chi connectivity index (χ2n) is 6.89. The number of amides is 1. The van der Waals surface area contributed by atoms with Gasteiger partial charge in [-0.2, -0.15) is 0 Å². The highest BCUT2D eigenvalue weighted by atomic mass is 35.5. The number of fused-ring (bicyclic) bond motifs is 1. The molecule has 29 heavy (non-hydrogen) atoms. The van der Waals surface area contributed by atoms with Crippen LogP contribution in [0.5, 0.6) is 5.75 Å². The molecule has 0 unspecified atom stereocenters. The van der Waals surface area contributed by atoms with E-state index < -0.39 is 0 Å². The highest BCUT2D eigenvalue weighted by Gasteiger charge is 2.21. The van der Waals surface area contributed by atoms with E-state index in [0.717, 1.165) is 48.6 Å². The van der Waals surface area contributed by atoms with Crippen molar-refractivity contribution >= 4 is 34.8 Å².